The molecule has 1 aliphatic heterocycles. The van der Waals surface area contributed by atoms with Crippen molar-refractivity contribution in [2.24, 2.45) is 15.4 Å². The average molecular weight is 653 g/mol. The largest absolute Gasteiger partial charge is 0.309 e. The topological polar surface area (TPSA) is 34.6 Å². The normalized spacial score (nSPS) is 18.6. The molecule has 2 aliphatic rings. The van der Waals surface area contributed by atoms with E-state index in [0.717, 1.165) is 28.0 Å². The number of fused-ring (bicyclic) bond motifs is 10. The van der Waals surface area contributed by atoms with Gasteiger partial charge in [-0.05, 0) is 70.4 Å². The van der Waals surface area contributed by atoms with Gasteiger partial charge in [-0.3, -0.25) is 4.57 Å². The van der Waals surface area contributed by atoms with Crippen LogP contribution < -0.4 is 0 Å². The second-order valence-corrected chi connectivity index (χ2v) is 14.0. The van der Waals surface area contributed by atoms with E-state index in [-0.39, 0.29) is 11.5 Å². The Kier molecular flexibility index (Phi) is 5.83. The van der Waals surface area contributed by atoms with Crippen molar-refractivity contribution in [1.29, 1.82) is 0 Å². The molecule has 51 heavy (non-hydrogen) atoms. The maximum Gasteiger partial charge on any atom is 0.230 e. The molecule has 2 atom stereocenters. The Morgan fingerprint density at radius 1 is 0.529 bits per heavy atom. The minimum absolute atomic E-state index is 0.107. The fraction of sp³-hybridized carbons (Fsp3) is 0.0638. The summed E-state index contributed by atoms with van der Waals surface area (Å²) in [6.07, 6.45) is 8.75. The summed E-state index contributed by atoms with van der Waals surface area (Å²) in [4.78, 5) is 11.0. The molecule has 2 aromatic heterocycles. The first-order valence-electron chi connectivity index (χ1n) is 17.6. The SMILES string of the molecule is CC12C=CC=CC1N=C(n1c3cc(-n4c5ccccc5c5ccccc54)ccc3c3c4ccccc4ccc31)N=C2c1ccc2ccccc2c1. The van der Waals surface area contributed by atoms with Crippen molar-refractivity contribution in [2.45, 2.75) is 13.0 Å². The molecular weight excluding hydrogens is 621 g/mol. The van der Waals surface area contributed by atoms with E-state index in [9.17, 15) is 0 Å². The first-order valence-corrected chi connectivity index (χ1v) is 17.6. The number of allylic oxidation sites excluding steroid dienone is 2. The van der Waals surface area contributed by atoms with Crippen molar-refractivity contribution in [1.82, 2.24) is 9.13 Å². The Morgan fingerprint density at radius 3 is 2.02 bits per heavy atom. The van der Waals surface area contributed by atoms with Crippen molar-refractivity contribution >= 4 is 76.8 Å². The Morgan fingerprint density at radius 2 is 1.22 bits per heavy atom. The van der Waals surface area contributed by atoms with Crippen molar-refractivity contribution < 1.29 is 0 Å². The number of nitrogens with zero attached hydrogens (tertiary/aromatic N) is 4. The highest BCUT2D eigenvalue weighted by Gasteiger charge is 2.41. The van der Waals surface area contributed by atoms with Crippen LogP contribution in [-0.4, -0.2) is 26.8 Å². The van der Waals surface area contributed by atoms with E-state index in [4.69, 9.17) is 9.98 Å². The molecule has 4 nitrogen and oxygen atoms in total. The van der Waals surface area contributed by atoms with Gasteiger partial charge in [0.15, 0.2) is 0 Å². The smallest absolute Gasteiger partial charge is 0.230 e. The predicted molar refractivity (Wildman–Crippen MR) is 215 cm³/mol. The van der Waals surface area contributed by atoms with Crippen molar-refractivity contribution in [3.05, 3.63) is 175 Å². The molecule has 240 valence electrons. The van der Waals surface area contributed by atoms with Crippen LogP contribution in [0.25, 0.3) is 70.8 Å². The van der Waals surface area contributed by atoms with Crippen LogP contribution in [0.15, 0.2) is 180 Å². The summed E-state index contributed by atoms with van der Waals surface area (Å²) in [6, 6.07) is 52.6. The summed E-state index contributed by atoms with van der Waals surface area (Å²) in [5.41, 5.74) is 7.42. The van der Waals surface area contributed by atoms with Gasteiger partial charge in [0, 0.05) is 27.2 Å². The highest BCUT2D eigenvalue weighted by Crippen LogP contribution is 2.42. The monoisotopic (exact) mass is 652 g/mol. The van der Waals surface area contributed by atoms with Gasteiger partial charge in [-0.2, -0.15) is 0 Å². The van der Waals surface area contributed by atoms with Crippen LogP contribution >= 0.6 is 0 Å². The highest BCUT2D eigenvalue weighted by atomic mass is 15.2. The molecule has 0 bridgehead atoms. The second kappa shape index (κ2) is 10.5. The zero-order valence-electron chi connectivity index (χ0n) is 28.0. The molecule has 7 aromatic carbocycles. The van der Waals surface area contributed by atoms with Gasteiger partial charge in [0.2, 0.25) is 5.96 Å². The van der Waals surface area contributed by atoms with E-state index in [1.807, 2.05) is 0 Å². The van der Waals surface area contributed by atoms with Crippen LogP contribution in [0.1, 0.15) is 12.5 Å². The summed E-state index contributed by atoms with van der Waals surface area (Å²) in [7, 11) is 0. The van der Waals surface area contributed by atoms with Gasteiger partial charge < -0.3 is 4.57 Å². The second-order valence-electron chi connectivity index (χ2n) is 14.0. The number of para-hydroxylation sites is 2. The van der Waals surface area contributed by atoms with Crippen molar-refractivity contribution in [3.63, 3.8) is 0 Å². The van der Waals surface area contributed by atoms with Crippen LogP contribution in [0.2, 0.25) is 0 Å². The molecule has 0 fully saturated rings. The molecule has 4 heteroatoms. The van der Waals surface area contributed by atoms with Crippen molar-refractivity contribution in [2.75, 3.05) is 0 Å². The lowest BCUT2D eigenvalue weighted by Crippen LogP contribution is -2.42. The molecule has 0 amide bonds. The van der Waals surface area contributed by atoms with Crippen LogP contribution in [-0.2, 0) is 0 Å². The summed E-state index contributed by atoms with van der Waals surface area (Å²) in [5, 5.41) is 9.77. The Balaban J connectivity index is 1.23. The van der Waals surface area contributed by atoms with Gasteiger partial charge in [0.1, 0.15) is 0 Å². The number of aromatic nitrogens is 2. The van der Waals surface area contributed by atoms with Gasteiger partial charge in [0.05, 0.1) is 39.2 Å². The summed E-state index contributed by atoms with van der Waals surface area (Å²) in [5.74, 6) is 0.704. The van der Waals surface area contributed by atoms with Gasteiger partial charge in [-0.25, -0.2) is 9.98 Å². The van der Waals surface area contributed by atoms with E-state index in [0.29, 0.717) is 5.96 Å². The fourth-order valence-electron chi connectivity index (χ4n) is 8.64. The van der Waals surface area contributed by atoms with E-state index in [1.165, 1.54) is 54.1 Å². The van der Waals surface area contributed by atoms with Crippen LogP contribution in [0.4, 0.5) is 0 Å². The molecule has 0 radical (unpaired) electrons. The number of rotatable bonds is 2. The van der Waals surface area contributed by atoms with E-state index in [1.54, 1.807) is 0 Å². The lowest BCUT2D eigenvalue weighted by Gasteiger charge is -2.37. The van der Waals surface area contributed by atoms with E-state index in [2.05, 4.69) is 186 Å². The molecule has 0 saturated heterocycles. The number of aliphatic imine (C=N–C) groups is 2. The first-order chi connectivity index (χ1) is 25.2. The molecule has 0 spiro atoms. The molecule has 1 aliphatic carbocycles. The zero-order chi connectivity index (χ0) is 33.7. The van der Waals surface area contributed by atoms with Crippen LogP contribution in [0.3, 0.4) is 0 Å². The molecule has 0 N–H and O–H groups in total. The standard InChI is InChI=1S/C47H32N4/c1-47-27-11-10-20-43(47)48-46(49-45(47)33-22-21-30-12-2-3-14-32(30)28-33)51-41-26-23-31-13-4-5-15-35(31)44(41)38-25-24-34(29-42(38)51)50-39-18-8-6-16-36(39)37-17-7-9-19-40(37)50/h2-29,43H,1H3. The van der Waals surface area contributed by atoms with Gasteiger partial charge in [-0.15, -0.1) is 0 Å². The number of hydrogen-bond acceptors (Lipinski definition) is 2. The molecule has 3 heterocycles. The highest BCUT2D eigenvalue weighted by molar-refractivity contribution is 6.25. The van der Waals surface area contributed by atoms with Crippen LogP contribution in [0, 0.1) is 5.41 Å². The maximum absolute atomic E-state index is 5.57. The molecule has 9 aromatic rings. The summed E-state index contributed by atoms with van der Waals surface area (Å²) >= 11 is 0. The molecule has 0 saturated carbocycles. The lowest BCUT2D eigenvalue weighted by molar-refractivity contribution is 0.511. The number of benzene rings is 7. The zero-order valence-corrected chi connectivity index (χ0v) is 28.0. The number of hydrogen-bond donors (Lipinski definition) is 0. The quantitative estimate of drug-likeness (QED) is 0.178. The Hall–Kier alpha value is -6.52. The van der Waals surface area contributed by atoms with E-state index < -0.39 is 0 Å². The Labute approximate surface area is 294 Å². The first kappa shape index (κ1) is 28.3. The van der Waals surface area contributed by atoms with Gasteiger partial charge in [0.25, 0.3) is 0 Å². The third-order valence-corrected chi connectivity index (χ3v) is 11.1. The van der Waals surface area contributed by atoms with E-state index >= 15 is 0 Å². The predicted octanol–water partition coefficient (Wildman–Crippen LogP) is 11.4. The van der Waals surface area contributed by atoms with Gasteiger partial charge in [-0.1, -0.05) is 133 Å². The minimum Gasteiger partial charge on any atom is -0.309 e. The lowest BCUT2D eigenvalue weighted by atomic mass is 9.72. The molecule has 2 unspecified atom stereocenters. The molecule has 11 rings (SSSR count). The summed E-state index contributed by atoms with van der Waals surface area (Å²) in [6.45, 7) is 2.27. The minimum atomic E-state index is -0.389. The average Bonchev–Trinajstić information content (AvgIpc) is 3.70. The molecular formula is C47H32N4. The third kappa shape index (κ3) is 4.02. The summed E-state index contributed by atoms with van der Waals surface area (Å²) < 4.78 is 4.70. The van der Waals surface area contributed by atoms with Crippen molar-refractivity contribution in [3.8, 4) is 5.69 Å². The Bertz CT molecular complexity index is 3000. The van der Waals surface area contributed by atoms with Gasteiger partial charge >= 0.3 is 0 Å². The fourth-order valence-corrected chi connectivity index (χ4v) is 8.64. The maximum atomic E-state index is 5.57. The van der Waals surface area contributed by atoms with Crippen LogP contribution in [0.5, 0.6) is 0 Å². The third-order valence-electron chi connectivity index (χ3n) is 11.1.